The molecule has 5 nitrogen and oxygen atoms in total. The van der Waals surface area contributed by atoms with E-state index in [0.29, 0.717) is 6.42 Å². The molecule has 1 heterocycles. The fourth-order valence-corrected chi connectivity index (χ4v) is 5.69. The summed E-state index contributed by atoms with van der Waals surface area (Å²) in [5.74, 6) is 1.53. The van der Waals surface area contributed by atoms with Gasteiger partial charge in [-0.2, -0.15) is 0 Å². The lowest BCUT2D eigenvalue weighted by Gasteiger charge is -2.37. The summed E-state index contributed by atoms with van der Waals surface area (Å²) in [6.45, 7) is 6.54. The molecule has 208 valence electrons. The Morgan fingerprint density at radius 2 is 1.25 bits per heavy atom. The normalized spacial score (nSPS) is 19.0. The topological polar surface area (TPSA) is 57.2 Å². The smallest absolute Gasteiger partial charge is 0.143 e. The number of ether oxygens (including phenoxy) is 4. The van der Waals surface area contributed by atoms with E-state index in [-0.39, 0.29) is 12.7 Å². The van der Waals surface area contributed by atoms with Crippen LogP contribution < -0.4 is 9.47 Å². The summed E-state index contributed by atoms with van der Waals surface area (Å²) in [7, 11) is 3.32. The molecule has 1 fully saturated rings. The Labute approximate surface area is 237 Å². The third kappa shape index (κ3) is 5.37. The number of benzene rings is 4. The highest BCUT2D eigenvalue weighted by atomic mass is 16.6. The second-order valence-electron chi connectivity index (χ2n) is 10.6. The standard InChI is InChI=1S/C35H38O5/c1-23-19-25(3)31(20-24(23)2)33-21-32(36)34(40-33)22-39-35(26-9-7-6-8-10-26,27-11-15-29(37-4)16-12-27)28-13-17-30(38-5)18-14-28/h6-20,32-34,36H,21-22H2,1-5H3/t32-,33+,34+/m0/s1. The molecule has 0 aliphatic carbocycles. The molecule has 0 bridgehead atoms. The van der Waals surface area contributed by atoms with Crippen LogP contribution in [0.5, 0.6) is 11.5 Å². The molecule has 1 saturated heterocycles. The van der Waals surface area contributed by atoms with E-state index in [1.807, 2.05) is 66.7 Å². The van der Waals surface area contributed by atoms with Crippen molar-refractivity contribution in [1.29, 1.82) is 0 Å². The molecule has 5 heteroatoms. The Balaban J connectivity index is 1.53. The Morgan fingerprint density at radius 1 is 0.725 bits per heavy atom. The fourth-order valence-electron chi connectivity index (χ4n) is 5.69. The molecule has 1 aliphatic heterocycles. The number of aliphatic hydroxyl groups is 1. The predicted molar refractivity (Wildman–Crippen MR) is 157 cm³/mol. The molecule has 4 aromatic carbocycles. The molecule has 5 rings (SSSR count). The lowest BCUT2D eigenvalue weighted by Crippen LogP contribution is -2.38. The van der Waals surface area contributed by atoms with Crippen LogP contribution >= 0.6 is 0 Å². The second kappa shape index (κ2) is 11.8. The van der Waals surface area contributed by atoms with Gasteiger partial charge in [-0.15, -0.1) is 0 Å². The highest BCUT2D eigenvalue weighted by molar-refractivity contribution is 5.50. The van der Waals surface area contributed by atoms with E-state index in [4.69, 9.17) is 18.9 Å². The lowest BCUT2D eigenvalue weighted by molar-refractivity contribution is -0.0828. The van der Waals surface area contributed by atoms with Crippen LogP contribution in [0.15, 0.2) is 91.0 Å². The van der Waals surface area contributed by atoms with E-state index in [2.05, 4.69) is 45.0 Å². The fraction of sp³-hybridized carbons (Fsp3) is 0.314. The van der Waals surface area contributed by atoms with Gasteiger partial charge in [0.2, 0.25) is 0 Å². The summed E-state index contributed by atoms with van der Waals surface area (Å²) in [6.07, 6.45) is -0.784. The van der Waals surface area contributed by atoms with Gasteiger partial charge in [0.25, 0.3) is 0 Å². The average Bonchev–Trinajstić information content (AvgIpc) is 3.36. The van der Waals surface area contributed by atoms with E-state index in [9.17, 15) is 5.11 Å². The van der Waals surface area contributed by atoms with Gasteiger partial charge in [0, 0.05) is 6.42 Å². The van der Waals surface area contributed by atoms with E-state index in [0.717, 1.165) is 33.8 Å². The van der Waals surface area contributed by atoms with Gasteiger partial charge in [-0.1, -0.05) is 66.7 Å². The van der Waals surface area contributed by atoms with Crippen LogP contribution in [-0.2, 0) is 15.1 Å². The summed E-state index contributed by atoms with van der Waals surface area (Å²) < 4.78 is 24.4. The van der Waals surface area contributed by atoms with Gasteiger partial charge in [-0.3, -0.25) is 0 Å². The minimum absolute atomic E-state index is 0.184. The van der Waals surface area contributed by atoms with E-state index < -0.39 is 17.8 Å². The van der Waals surface area contributed by atoms with Crippen molar-refractivity contribution in [3.8, 4) is 11.5 Å². The van der Waals surface area contributed by atoms with Crippen molar-refractivity contribution in [2.45, 2.75) is 51.1 Å². The maximum atomic E-state index is 11.1. The average molecular weight is 539 g/mol. The molecule has 0 spiro atoms. The first kappa shape index (κ1) is 27.9. The van der Waals surface area contributed by atoms with Gasteiger partial charge in [0.05, 0.1) is 33.0 Å². The first-order valence-electron chi connectivity index (χ1n) is 13.8. The summed E-state index contributed by atoms with van der Waals surface area (Å²) in [6, 6.07) is 30.4. The molecular weight excluding hydrogens is 500 g/mol. The summed E-state index contributed by atoms with van der Waals surface area (Å²) in [5.41, 5.74) is 6.68. The minimum atomic E-state index is -0.961. The quantitative estimate of drug-likeness (QED) is 0.237. The maximum Gasteiger partial charge on any atom is 0.143 e. The van der Waals surface area contributed by atoms with Crippen LogP contribution in [0.1, 0.15) is 51.5 Å². The molecule has 3 atom stereocenters. The van der Waals surface area contributed by atoms with Crippen molar-refractivity contribution in [2.24, 2.45) is 0 Å². The number of rotatable bonds is 9. The predicted octanol–water partition coefficient (Wildman–Crippen LogP) is 6.83. The lowest BCUT2D eigenvalue weighted by atomic mass is 9.80. The van der Waals surface area contributed by atoms with Gasteiger partial charge in [0.15, 0.2) is 0 Å². The number of hydrogen-bond donors (Lipinski definition) is 1. The van der Waals surface area contributed by atoms with Gasteiger partial charge in [-0.05, 0) is 84.0 Å². The van der Waals surface area contributed by atoms with E-state index >= 15 is 0 Å². The Hall–Kier alpha value is -3.64. The van der Waals surface area contributed by atoms with Crippen molar-refractivity contribution in [3.63, 3.8) is 0 Å². The van der Waals surface area contributed by atoms with Crippen molar-refractivity contribution in [2.75, 3.05) is 20.8 Å². The van der Waals surface area contributed by atoms with E-state index in [1.54, 1.807) is 14.2 Å². The molecule has 0 amide bonds. The van der Waals surface area contributed by atoms with Crippen molar-refractivity contribution >= 4 is 0 Å². The summed E-state index contributed by atoms with van der Waals surface area (Å²) in [5, 5.41) is 11.1. The maximum absolute atomic E-state index is 11.1. The SMILES string of the molecule is COc1ccc(C(OC[C@H]2O[C@@H](c3cc(C)c(C)cc3C)C[C@@H]2O)(c2ccccc2)c2ccc(OC)cc2)cc1. The first-order valence-corrected chi connectivity index (χ1v) is 13.8. The molecule has 0 unspecified atom stereocenters. The molecule has 0 radical (unpaired) electrons. The second-order valence-corrected chi connectivity index (χ2v) is 10.6. The molecule has 4 aromatic rings. The van der Waals surface area contributed by atoms with Gasteiger partial charge in [-0.25, -0.2) is 0 Å². The van der Waals surface area contributed by atoms with E-state index in [1.165, 1.54) is 16.7 Å². The van der Waals surface area contributed by atoms with Crippen LogP contribution in [0.4, 0.5) is 0 Å². The Kier molecular flexibility index (Phi) is 8.27. The highest BCUT2D eigenvalue weighted by Gasteiger charge is 2.42. The third-order valence-electron chi connectivity index (χ3n) is 8.09. The van der Waals surface area contributed by atoms with Gasteiger partial charge < -0.3 is 24.1 Å². The monoisotopic (exact) mass is 538 g/mol. The molecule has 0 aromatic heterocycles. The molecular formula is C35H38O5. The zero-order valence-electron chi connectivity index (χ0n) is 23.9. The number of hydrogen-bond acceptors (Lipinski definition) is 5. The molecule has 1 aliphatic rings. The highest BCUT2D eigenvalue weighted by Crippen LogP contribution is 2.43. The van der Waals surface area contributed by atoms with Crippen molar-refractivity contribution in [3.05, 3.63) is 130 Å². The largest absolute Gasteiger partial charge is 0.497 e. The van der Waals surface area contributed by atoms with Crippen LogP contribution in [0.25, 0.3) is 0 Å². The van der Waals surface area contributed by atoms with Crippen LogP contribution in [-0.4, -0.2) is 38.1 Å². The van der Waals surface area contributed by atoms with Gasteiger partial charge >= 0.3 is 0 Å². The molecule has 0 saturated carbocycles. The number of methoxy groups -OCH3 is 2. The summed E-state index contributed by atoms with van der Waals surface area (Å²) >= 11 is 0. The summed E-state index contributed by atoms with van der Waals surface area (Å²) in [4.78, 5) is 0. The molecule has 40 heavy (non-hydrogen) atoms. The Morgan fingerprint density at radius 3 is 1.80 bits per heavy atom. The Bertz CT molecular complexity index is 1370. The number of aryl methyl sites for hydroxylation is 3. The van der Waals surface area contributed by atoms with Crippen LogP contribution in [0, 0.1) is 20.8 Å². The third-order valence-corrected chi connectivity index (χ3v) is 8.09. The van der Waals surface area contributed by atoms with Gasteiger partial charge in [0.1, 0.15) is 23.2 Å². The van der Waals surface area contributed by atoms with Crippen LogP contribution in [0.2, 0.25) is 0 Å². The zero-order chi connectivity index (χ0) is 28.3. The van der Waals surface area contributed by atoms with Crippen molar-refractivity contribution in [1.82, 2.24) is 0 Å². The first-order chi connectivity index (χ1) is 19.3. The molecule has 1 N–H and O–H groups in total. The van der Waals surface area contributed by atoms with Crippen LogP contribution in [0.3, 0.4) is 0 Å². The van der Waals surface area contributed by atoms with Crippen molar-refractivity contribution < 1.29 is 24.1 Å². The number of aliphatic hydroxyl groups excluding tert-OH is 1. The minimum Gasteiger partial charge on any atom is -0.497 e. The zero-order valence-corrected chi connectivity index (χ0v) is 23.9.